The van der Waals surface area contributed by atoms with Gasteiger partial charge >= 0.3 is 0 Å². The number of rotatable bonds is 4. The van der Waals surface area contributed by atoms with Gasteiger partial charge in [0.2, 0.25) is 0 Å². The maximum Gasteiger partial charge on any atom is 0.259 e. The molecule has 1 aliphatic heterocycles. The maximum atomic E-state index is 12.8. The van der Waals surface area contributed by atoms with Crippen LogP contribution in [-0.2, 0) is 0 Å². The minimum atomic E-state index is -0.226. The Hall–Kier alpha value is -2.83. The molecule has 0 radical (unpaired) electrons. The van der Waals surface area contributed by atoms with E-state index in [1.165, 1.54) is 11.9 Å². The lowest BCUT2D eigenvalue weighted by Crippen LogP contribution is -2.44. The quantitative estimate of drug-likeness (QED) is 0.706. The van der Waals surface area contributed by atoms with Crippen LogP contribution in [-0.4, -0.2) is 54.2 Å². The number of likely N-dealkylation sites (N-methyl/N-ethyl adjacent to an activating group) is 1. The van der Waals surface area contributed by atoms with Gasteiger partial charge in [0.15, 0.2) is 0 Å². The molecular formula is C21H22ClN5O. The molecule has 0 aliphatic carbocycles. The molecule has 2 aromatic carbocycles. The van der Waals surface area contributed by atoms with Crippen LogP contribution in [0.2, 0.25) is 5.02 Å². The van der Waals surface area contributed by atoms with E-state index in [0.29, 0.717) is 16.3 Å². The predicted molar refractivity (Wildman–Crippen MR) is 113 cm³/mol. The second-order valence-corrected chi connectivity index (χ2v) is 7.34. The topological polar surface area (TPSA) is 64.3 Å². The minimum absolute atomic E-state index is 0.226. The average Bonchev–Trinajstić information content (AvgIpc) is 3.19. The highest BCUT2D eigenvalue weighted by molar-refractivity contribution is 6.33. The van der Waals surface area contributed by atoms with Crippen LogP contribution in [0, 0.1) is 0 Å². The second-order valence-electron chi connectivity index (χ2n) is 6.93. The zero-order valence-corrected chi connectivity index (χ0v) is 16.4. The first-order chi connectivity index (χ1) is 13.6. The number of carbonyl (C=O) groups is 1. The molecule has 2 heterocycles. The number of amides is 1. The molecule has 144 valence electrons. The smallest absolute Gasteiger partial charge is 0.259 e. The summed E-state index contributed by atoms with van der Waals surface area (Å²) in [6.45, 7) is 4.14. The summed E-state index contributed by atoms with van der Waals surface area (Å²) in [5.74, 6) is -0.226. The van der Waals surface area contributed by atoms with Crippen LogP contribution >= 0.6 is 11.6 Å². The number of aromatic amines is 1. The van der Waals surface area contributed by atoms with Crippen LogP contribution in [0.4, 0.5) is 11.4 Å². The number of piperazine rings is 1. The molecule has 0 saturated carbocycles. The summed E-state index contributed by atoms with van der Waals surface area (Å²) in [5.41, 5.74) is 3.73. The lowest BCUT2D eigenvalue weighted by atomic mass is 10.1. The number of aromatic nitrogens is 2. The van der Waals surface area contributed by atoms with Gasteiger partial charge in [0.05, 0.1) is 17.5 Å². The summed E-state index contributed by atoms with van der Waals surface area (Å²) in [7, 11) is 2.14. The number of carbonyl (C=O) groups excluding carboxylic acids is 1. The predicted octanol–water partition coefficient (Wildman–Crippen LogP) is 3.73. The number of hydrogen-bond acceptors (Lipinski definition) is 4. The third kappa shape index (κ3) is 3.88. The molecule has 3 aromatic rings. The molecule has 4 rings (SSSR count). The van der Waals surface area contributed by atoms with Gasteiger partial charge in [-0.2, -0.15) is 5.10 Å². The Morgan fingerprint density at radius 1 is 1.07 bits per heavy atom. The van der Waals surface area contributed by atoms with Crippen molar-refractivity contribution in [2.45, 2.75) is 0 Å². The van der Waals surface area contributed by atoms with Gasteiger partial charge in [-0.3, -0.25) is 9.89 Å². The third-order valence-electron chi connectivity index (χ3n) is 5.02. The van der Waals surface area contributed by atoms with Crippen LogP contribution in [0.15, 0.2) is 54.7 Å². The monoisotopic (exact) mass is 395 g/mol. The Labute approximate surface area is 169 Å². The molecule has 0 atom stereocenters. The van der Waals surface area contributed by atoms with E-state index in [2.05, 4.69) is 32.4 Å². The van der Waals surface area contributed by atoms with E-state index in [1.54, 1.807) is 6.07 Å². The SMILES string of the molecule is CN1CCN(c2ccc(NC(=O)c3cn[nH]c3-c3ccccc3Cl)cc2)CC1. The van der Waals surface area contributed by atoms with Crippen molar-refractivity contribution in [3.05, 3.63) is 65.3 Å². The summed E-state index contributed by atoms with van der Waals surface area (Å²) in [6.07, 6.45) is 1.52. The summed E-state index contributed by atoms with van der Waals surface area (Å²) >= 11 is 6.27. The lowest BCUT2D eigenvalue weighted by Gasteiger charge is -2.34. The van der Waals surface area contributed by atoms with E-state index in [1.807, 2.05) is 42.5 Å². The maximum absolute atomic E-state index is 12.8. The zero-order chi connectivity index (χ0) is 19.5. The summed E-state index contributed by atoms with van der Waals surface area (Å²) in [4.78, 5) is 17.5. The van der Waals surface area contributed by atoms with Gasteiger partial charge in [-0.25, -0.2) is 0 Å². The molecule has 1 amide bonds. The average molecular weight is 396 g/mol. The molecule has 1 fully saturated rings. The molecule has 0 spiro atoms. The highest BCUT2D eigenvalue weighted by atomic mass is 35.5. The highest BCUT2D eigenvalue weighted by Gasteiger charge is 2.18. The fourth-order valence-electron chi connectivity index (χ4n) is 3.35. The number of halogens is 1. The molecule has 2 N–H and O–H groups in total. The number of anilines is 2. The third-order valence-corrected chi connectivity index (χ3v) is 5.35. The zero-order valence-electron chi connectivity index (χ0n) is 15.7. The number of H-pyrrole nitrogens is 1. The van der Waals surface area contributed by atoms with E-state index in [0.717, 1.165) is 37.4 Å². The Balaban J connectivity index is 1.48. The van der Waals surface area contributed by atoms with Crippen molar-refractivity contribution >= 4 is 28.9 Å². The van der Waals surface area contributed by atoms with Crippen molar-refractivity contribution in [2.24, 2.45) is 0 Å². The van der Waals surface area contributed by atoms with Crippen LogP contribution in [0.5, 0.6) is 0 Å². The summed E-state index contributed by atoms with van der Waals surface area (Å²) in [6, 6.07) is 15.3. The van der Waals surface area contributed by atoms with Crippen molar-refractivity contribution in [1.29, 1.82) is 0 Å². The van der Waals surface area contributed by atoms with Crippen molar-refractivity contribution < 1.29 is 4.79 Å². The number of hydrogen-bond donors (Lipinski definition) is 2. The van der Waals surface area contributed by atoms with E-state index in [9.17, 15) is 4.79 Å². The summed E-state index contributed by atoms with van der Waals surface area (Å²) < 4.78 is 0. The second kappa shape index (κ2) is 8.04. The minimum Gasteiger partial charge on any atom is -0.369 e. The molecule has 1 saturated heterocycles. The Morgan fingerprint density at radius 2 is 1.79 bits per heavy atom. The van der Waals surface area contributed by atoms with Crippen molar-refractivity contribution in [3.8, 4) is 11.3 Å². The van der Waals surface area contributed by atoms with Crippen molar-refractivity contribution in [1.82, 2.24) is 15.1 Å². The number of nitrogens with zero attached hydrogens (tertiary/aromatic N) is 3. The molecule has 6 nitrogen and oxygen atoms in total. The van der Waals surface area contributed by atoms with Gasteiger partial charge in [-0.1, -0.05) is 29.8 Å². The molecule has 28 heavy (non-hydrogen) atoms. The van der Waals surface area contributed by atoms with Crippen LogP contribution in [0.3, 0.4) is 0 Å². The van der Waals surface area contributed by atoms with Crippen LogP contribution in [0.1, 0.15) is 10.4 Å². The van der Waals surface area contributed by atoms with E-state index < -0.39 is 0 Å². The van der Waals surface area contributed by atoms with E-state index >= 15 is 0 Å². The van der Waals surface area contributed by atoms with Gasteiger partial charge in [-0.05, 0) is 37.4 Å². The standard InChI is InChI=1S/C21H22ClN5O/c1-26-10-12-27(13-11-26)16-8-6-15(7-9-16)24-21(28)18-14-23-25-20(18)17-4-2-3-5-19(17)22/h2-9,14H,10-13H2,1H3,(H,23,25)(H,24,28). The van der Waals surface area contributed by atoms with Crippen molar-refractivity contribution in [2.75, 3.05) is 43.4 Å². The largest absolute Gasteiger partial charge is 0.369 e. The Bertz CT molecular complexity index is 961. The first-order valence-electron chi connectivity index (χ1n) is 9.25. The number of nitrogens with one attached hydrogen (secondary N) is 2. The first kappa shape index (κ1) is 18.5. The fourth-order valence-corrected chi connectivity index (χ4v) is 3.58. The Morgan fingerprint density at radius 3 is 2.50 bits per heavy atom. The van der Waals surface area contributed by atoms with Crippen molar-refractivity contribution in [3.63, 3.8) is 0 Å². The van der Waals surface area contributed by atoms with E-state index in [4.69, 9.17) is 11.6 Å². The Kier molecular flexibility index (Phi) is 5.32. The molecule has 1 aliphatic rings. The van der Waals surface area contributed by atoms with Gasteiger partial charge < -0.3 is 15.1 Å². The van der Waals surface area contributed by atoms with Crippen LogP contribution < -0.4 is 10.2 Å². The van der Waals surface area contributed by atoms with E-state index in [-0.39, 0.29) is 5.91 Å². The summed E-state index contributed by atoms with van der Waals surface area (Å²) in [5, 5.41) is 10.4. The fraction of sp³-hybridized carbons (Fsp3) is 0.238. The first-order valence-corrected chi connectivity index (χ1v) is 9.63. The molecular weight excluding hydrogens is 374 g/mol. The highest BCUT2D eigenvalue weighted by Crippen LogP contribution is 2.29. The number of benzene rings is 2. The van der Waals surface area contributed by atoms with Gasteiger partial charge in [0.1, 0.15) is 0 Å². The lowest BCUT2D eigenvalue weighted by molar-refractivity contribution is 0.102. The molecule has 0 bridgehead atoms. The molecule has 0 unspecified atom stereocenters. The van der Waals surface area contributed by atoms with Gasteiger partial charge in [-0.15, -0.1) is 0 Å². The molecule has 7 heteroatoms. The van der Waals surface area contributed by atoms with Gasteiger partial charge in [0, 0.05) is 48.1 Å². The van der Waals surface area contributed by atoms with Gasteiger partial charge in [0.25, 0.3) is 5.91 Å². The van der Waals surface area contributed by atoms with Crippen LogP contribution in [0.25, 0.3) is 11.3 Å². The molecule has 1 aromatic heterocycles. The normalized spacial score (nSPS) is 14.9.